The average Bonchev–Trinajstić information content (AvgIpc) is 3.12. The van der Waals surface area contributed by atoms with Crippen molar-refractivity contribution in [2.24, 2.45) is 5.92 Å². The van der Waals surface area contributed by atoms with Crippen LogP contribution < -0.4 is 0 Å². The Morgan fingerprint density at radius 2 is 0.967 bits per heavy atom. The SMILES string of the molecule is C1CCc2c3c4c5[c-]2CCCCC2=C(CCCC5)C(CCCC4)C(=C2C1)CCCC3. The maximum absolute atomic E-state index is 1.96. The van der Waals surface area contributed by atoms with E-state index >= 15 is 0 Å². The third-order valence-electron chi connectivity index (χ3n) is 9.42. The van der Waals surface area contributed by atoms with Gasteiger partial charge in [0.15, 0.2) is 0 Å². The van der Waals surface area contributed by atoms with Crippen LogP contribution in [0.5, 0.6) is 0 Å². The Balaban J connectivity index is 1.61. The molecule has 0 nitrogen and oxygen atoms in total. The van der Waals surface area contributed by atoms with E-state index in [1.807, 2.05) is 50.1 Å². The highest BCUT2D eigenvalue weighted by Crippen LogP contribution is 2.49. The van der Waals surface area contributed by atoms with Gasteiger partial charge in [0.2, 0.25) is 0 Å². The van der Waals surface area contributed by atoms with Gasteiger partial charge in [-0.1, -0.05) is 88.2 Å². The highest BCUT2D eigenvalue weighted by molar-refractivity contribution is 5.54. The molecular weight excluding hydrogens is 360 g/mol. The zero-order valence-electron chi connectivity index (χ0n) is 19.2. The molecule has 6 aliphatic rings. The minimum atomic E-state index is 0.851. The molecule has 1 aromatic carbocycles. The third kappa shape index (κ3) is 3.28. The lowest BCUT2D eigenvalue weighted by molar-refractivity contribution is 0.525. The van der Waals surface area contributed by atoms with Gasteiger partial charge in [-0.25, -0.2) is 0 Å². The number of hydrogen-bond acceptors (Lipinski definition) is 0. The Hall–Kier alpha value is -1.17. The van der Waals surface area contributed by atoms with E-state index in [-0.39, 0.29) is 0 Å². The molecule has 6 aliphatic carbocycles. The summed E-state index contributed by atoms with van der Waals surface area (Å²) in [6.45, 7) is 0. The molecule has 0 amide bonds. The summed E-state index contributed by atoms with van der Waals surface area (Å²) in [6.07, 6.45) is 28.3. The summed E-state index contributed by atoms with van der Waals surface area (Å²) in [7, 11) is 0. The van der Waals surface area contributed by atoms with Crippen LogP contribution in [0.1, 0.15) is 124 Å². The minimum Gasteiger partial charge on any atom is -0.192 e. The van der Waals surface area contributed by atoms with Crippen molar-refractivity contribution in [2.75, 3.05) is 0 Å². The fourth-order valence-electron chi connectivity index (χ4n) is 8.15. The van der Waals surface area contributed by atoms with Crippen molar-refractivity contribution in [3.8, 4) is 0 Å². The smallest absolute Gasteiger partial charge is 0.00188 e. The summed E-state index contributed by atoms with van der Waals surface area (Å²) < 4.78 is 0. The quantitative estimate of drug-likeness (QED) is 0.384. The van der Waals surface area contributed by atoms with Crippen molar-refractivity contribution in [1.82, 2.24) is 0 Å². The normalized spacial score (nSPS) is 27.4. The number of rotatable bonds is 0. The summed E-state index contributed by atoms with van der Waals surface area (Å²) in [6, 6.07) is 0. The second kappa shape index (κ2) is 8.40. The van der Waals surface area contributed by atoms with E-state index in [1.54, 1.807) is 0 Å². The predicted molar refractivity (Wildman–Crippen MR) is 127 cm³/mol. The molecule has 0 heterocycles. The minimum absolute atomic E-state index is 0.851. The van der Waals surface area contributed by atoms with Gasteiger partial charge < -0.3 is 0 Å². The van der Waals surface area contributed by atoms with Crippen LogP contribution >= 0.6 is 0 Å². The zero-order chi connectivity index (χ0) is 19.9. The molecule has 7 rings (SSSR count). The van der Waals surface area contributed by atoms with Crippen LogP contribution in [0.3, 0.4) is 0 Å². The molecule has 0 saturated heterocycles. The Bertz CT molecular complexity index is 805. The molecule has 0 fully saturated rings. The van der Waals surface area contributed by atoms with Gasteiger partial charge >= 0.3 is 0 Å². The van der Waals surface area contributed by atoms with E-state index in [9.17, 15) is 0 Å². The van der Waals surface area contributed by atoms with Crippen molar-refractivity contribution in [1.29, 1.82) is 0 Å². The second-order valence-electron chi connectivity index (χ2n) is 11.0. The maximum atomic E-state index is 1.96. The summed E-state index contributed by atoms with van der Waals surface area (Å²) in [5, 5.41) is 0. The second-order valence-corrected chi connectivity index (χ2v) is 11.0. The predicted octanol–water partition coefficient (Wildman–Crippen LogP) is 8.25. The lowest BCUT2D eigenvalue weighted by Crippen LogP contribution is -2.09. The van der Waals surface area contributed by atoms with Crippen LogP contribution in [0.4, 0.5) is 0 Å². The van der Waals surface area contributed by atoms with Crippen LogP contribution in [0.2, 0.25) is 0 Å². The summed E-state index contributed by atoms with van der Waals surface area (Å²) in [4.78, 5) is 0. The van der Waals surface area contributed by atoms with Gasteiger partial charge in [0, 0.05) is 5.92 Å². The molecular formula is C30H41-. The van der Waals surface area contributed by atoms with Crippen LogP contribution in [-0.2, 0) is 32.1 Å². The standard InChI is InChI=1S/C30H41/c1-2-12-22-25-15-5-3-13-23-21(11-1)24-14-4-6-16-26(22)30-20-10-8-18-28(24)27(23)17-7-9-19-29(25)30/h21H,1-20H2/q-1. The highest BCUT2D eigenvalue weighted by Gasteiger charge is 2.32. The largest absolute Gasteiger partial charge is 0.192 e. The molecule has 0 radical (unpaired) electrons. The fraction of sp³-hybridized carbons (Fsp3) is 0.700. The molecule has 10 bridgehead atoms. The van der Waals surface area contributed by atoms with Crippen molar-refractivity contribution >= 4 is 0 Å². The number of fused-ring (bicyclic) bond motifs is 15. The summed E-state index contributed by atoms with van der Waals surface area (Å²) in [5.74, 6) is 0.851. The van der Waals surface area contributed by atoms with Gasteiger partial charge in [0.05, 0.1) is 0 Å². The van der Waals surface area contributed by atoms with Crippen LogP contribution in [-0.4, -0.2) is 0 Å². The summed E-state index contributed by atoms with van der Waals surface area (Å²) >= 11 is 0. The van der Waals surface area contributed by atoms with E-state index in [4.69, 9.17) is 0 Å². The molecule has 1 aromatic rings. The van der Waals surface area contributed by atoms with Gasteiger partial charge in [-0.2, -0.15) is 27.8 Å². The van der Waals surface area contributed by atoms with E-state index in [0.717, 1.165) is 5.92 Å². The molecule has 0 aliphatic heterocycles. The molecule has 0 aromatic heterocycles. The van der Waals surface area contributed by atoms with Crippen LogP contribution in [0.25, 0.3) is 0 Å². The Morgan fingerprint density at radius 1 is 0.467 bits per heavy atom. The molecule has 0 saturated carbocycles. The van der Waals surface area contributed by atoms with Crippen molar-refractivity contribution in [3.63, 3.8) is 0 Å². The molecule has 0 atom stereocenters. The topological polar surface area (TPSA) is 0 Å². The van der Waals surface area contributed by atoms with Gasteiger partial charge in [0.1, 0.15) is 0 Å². The van der Waals surface area contributed by atoms with Gasteiger partial charge in [0.25, 0.3) is 0 Å². The number of allylic oxidation sites excluding steroid dienone is 4. The van der Waals surface area contributed by atoms with E-state index in [0.29, 0.717) is 0 Å². The van der Waals surface area contributed by atoms with Gasteiger partial charge in [-0.15, -0.1) is 0 Å². The zero-order valence-corrected chi connectivity index (χ0v) is 19.2. The van der Waals surface area contributed by atoms with Gasteiger partial charge in [-0.3, -0.25) is 0 Å². The first-order chi connectivity index (χ1) is 14.9. The monoisotopic (exact) mass is 401 g/mol. The number of hydrogen-bond donors (Lipinski definition) is 0. The molecule has 0 heteroatoms. The first-order valence-corrected chi connectivity index (χ1v) is 13.7. The first kappa shape index (κ1) is 19.5. The maximum Gasteiger partial charge on any atom is 0.00188 e. The van der Waals surface area contributed by atoms with E-state index in [2.05, 4.69) is 0 Å². The fourth-order valence-corrected chi connectivity index (χ4v) is 8.15. The van der Waals surface area contributed by atoms with Gasteiger partial charge in [-0.05, 0) is 62.5 Å². The first-order valence-electron chi connectivity index (χ1n) is 13.7. The lowest BCUT2D eigenvalue weighted by atomic mass is 9.82. The Labute approximate surface area is 184 Å². The van der Waals surface area contributed by atoms with Crippen molar-refractivity contribution in [2.45, 2.75) is 128 Å². The highest BCUT2D eigenvalue weighted by atomic mass is 14.4. The third-order valence-corrected chi connectivity index (χ3v) is 9.42. The summed E-state index contributed by atoms with van der Waals surface area (Å²) in [5.41, 5.74) is 17.1. The Kier molecular flexibility index (Phi) is 5.46. The Morgan fingerprint density at radius 3 is 1.63 bits per heavy atom. The van der Waals surface area contributed by atoms with E-state index < -0.39 is 0 Å². The van der Waals surface area contributed by atoms with Crippen molar-refractivity contribution < 1.29 is 0 Å². The molecule has 0 N–H and O–H groups in total. The van der Waals surface area contributed by atoms with Crippen LogP contribution in [0.15, 0.2) is 22.3 Å². The van der Waals surface area contributed by atoms with E-state index in [1.165, 1.54) is 128 Å². The van der Waals surface area contributed by atoms with Crippen molar-refractivity contribution in [3.05, 3.63) is 50.1 Å². The molecule has 162 valence electrons. The van der Waals surface area contributed by atoms with Crippen LogP contribution in [0, 0.1) is 5.92 Å². The molecule has 30 heavy (non-hydrogen) atoms. The molecule has 0 unspecified atom stereocenters. The average molecular weight is 402 g/mol. The lowest BCUT2D eigenvalue weighted by Gasteiger charge is -2.26. The molecule has 0 spiro atoms.